The van der Waals surface area contributed by atoms with Crippen molar-refractivity contribution < 1.29 is 18.8 Å². The lowest BCUT2D eigenvalue weighted by molar-refractivity contribution is -0.137. The van der Waals surface area contributed by atoms with Gasteiger partial charge >= 0.3 is 0 Å². The van der Waals surface area contributed by atoms with Crippen LogP contribution in [0.4, 0.5) is 4.39 Å². The molecule has 3 aromatic rings. The van der Waals surface area contributed by atoms with Gasteiger partial charge in [-0.05, 0) is 62.8 Å². The molecule has 1 amide bonds. The summed E-state index contributed by atoms with van der Waals surface area (Å²) in [5.74, 6) is 0.552. The Morgan fingerprint density at radius 2 is 1.94 bits per heavy atom. The quantitative estimate of drug-likeness (QED) is 0.593. The second-order valence-corrected chi connectivity index (χ2v) is 10.3. The van der Waals surface area contributed by atoms with Crippen molar-refractivity contribution in [2.75, 3.05) is 32.8 Å². The first-order chi connectivity index (χ1) is 16.8. The maximum atomic E-state index is 14.7. The summed E-state index contributed by atoms with van der Waals surface area (Å²) in [4.78, 5) is 20.7. The number of aliphatic hydroxyl groups is 1. The highest BCUT2D eigenvalue weighted by Gasteiger charge is 2.39. The molecule has 4 heterocycles. The maximum Gasteiger partial charge on any atom is 0.291 e. The average molecular weight is 485 g/mol. The Bertz CT molecular complexity index is 1210. The molecule has 1 aromatic carbocycles. The van der Waals surface area contributed by atoms with Crippen molar-refractivity contribution >= 4 is 16.8 Å². The molecule has 5 rings (SSSR count). The van der Waals surface area contributed by atoms with E-state index in [9.17, 15) is 9.18 Å². The van der Waals surface area contributed by atoms with Crippen LogP contribution in [-0.2, 0) is 4.79 Å². The van der Waals surface area contributed by atoms with Crippen LogP contribution in [0, 0.1) is 5.82 Å². The molecule has 2 aliphatic heterocycles. The Hall–Kier alpha value is -2.85. The summed E-state index contributed by atoms with van der Waals surface area (Å²) in [7, 11) is 0. The van der Waals surface area contributed by atoms with E-state index >= 15 is 0 Å². The third-order valence-electron chi connectivity index (χ3n) is 7.79. The molecule has 188 valence electrons. The number of rotatable bonds is 5. The van der Waals surface area contributed by atoms with Gasteiger partial charge in [-0.3, -0.25) is 9.69 Å². The SMILES string of the molecule is CC(C)c1nn(-c2noc(C3CCN(C4(C)CCN(C(=O)CO)CC4)CC3)n2)c2c(F)cccc12. The molecule has 9 nitrogen and oxygen atoms in total. The number of likely N-dealkylation sites (tertiary alicyclic amines) is 2. The molecule has 2 aromatic heterocycles. The average Bonchev–Trinajstić information content (AvgIpc) is 3.50. The zero-order valence-electron chi connectivity index (χ0n) is 20.6. The number of carbonyl (C=O) groups is 1. The fraction of sp³-hybridized carbons (Fsp3) is 0.600. The summed E-state index contributed by atoms with van der Waals surface area (Å²) in [5, 5.41) is 18.7. The topological polar surface area (TPSA) is 101 Å². The first kappa shape index (κ1) is 23.9. The summed E-state index contributed by atoms with van der Waals surface area (Å²) in [6.45, 7) is 9.07. The number of para-hydroxylation sites is 1. The van der Waals surface area contributed by atoms with Crippen LogP contribution in [-0.4, -0.2) is 79.1 Å². The Labute approximate surface area is 203 Å². The molecule has 2 saturated heterocycles. The van der Waals surface area contributed by atoms with Gasteiger partial charge in [-0.2, -0.15) is 14.8 Å². The number of aliphatic hydroxyl groups excluding tert-OH is 1. The molecule has 0 radical (unpaired) electrons. The molecule has 2 fully saturated rings. The first-order valence-corrected chi connectivity index (χ1v) is 12.5. The Kier molecular flexibility index (Phi) is 6.35. The van der Waals surface area contributed by atoms with Crippen LogP contribution in [0.3, 0.4) is 0 Å². The van der Waals surface area contributed by atoms with Crippen LogP contribution >= 0.6 is 0 Å². The minimum Gasteiger partial charge on any atom is -0.387 e. The predicted octanol–water partition coefficient (Wildman–Crippen LogP) is 3.22. The van der Waals surface area contributed by atoms with Crippen molar-refractivity contribution in [3.05, 3.63) is 35.6 Å². The van der Waals surface area contributed by atoms with E-state index in [0.29, 0.717) is 24.5 Å². The number of piperidine rings is 2. The van der Waals surface area contributed by atoms with E-state index in [1.165, 1.54) is 10.7 Å². The number of nitrogens with zero attached hydrogens (tertiary/aromatic N) is 6. The smallest absolute Gasteiger partial charge is 0.291 e. The van der Waals surface area contributed by atoms with Gasteiger partial charge in [-0.1, -0.05) is 26.0 Å². The fourth-order valence-electron chi connectivity index (χ4n) is 5.52. The second kappa shape index (κ2) is 9.31. The largest absolute Gasteiger partial charge is 0.387 e. The van der Waals surface area contributed by atoms with Gasteiger partial charge in [0.2, 0.25) is 11.8 Å². The second-order valence-electron chi connectivity index (χ2n) is 10.3. The van der Waals surface area contributed by atoms with Crippen molar-refractivity contribution in [2.24, 2.45) is 0 Å². The summed E-state index contributed by atoms with van der Waals surface area (Å²) in [6, 6.07) is 4.99. The monoisotopic (exact) mass is 484 g/mol. The van der Waals surface area contributed by atoms with Gasteiger partial charge in [-0.15, -0.1) is 0 Å². The van der Waals surface area contributed by atoms with Crippen molar-refractivity contribution in [1.29, 1.82) is 0 Å². The molecule has 1 N–H and O–H groups in total. The third-order valence-corrected chi connectivity index (χ3v) is 7.79. The molecular weight excluding hydrogens is 451 g/mol. The molecule has 0 bridgehead atoms. The number of amides is 1. The van der Waals surface area contributed by atoms with Gasteiger partial charge < -0.3 is 14.5 Å². The minimum atomic E-state index is -0.423. The van der Waals surface area contributed by atoms with E-state index in [0.717, 1.165) is 49.9 Å². The lowest BCUT2D eigenvalue weighted by atomic mass is 9.84. The van der Waals surface area contributed by atoms with Gasteiger partial charge in [-0.25, -0.2) is 4.39 Å². The molecule has 2 aliphatic rings. The molecule has 0 unspecified atom stereocenters. The standard InChI is InChI=1S/C25H33FN6O3/c1-16(2)21-18-5-4-6-19(26)22(18)32(28-21)24-27-23(35-29-24)17-7-11-31(12-8-17)25(3)9-13-30(14-10-25)20(34)15-33/h4-6,16-17,33H,7-15H2,1-3H3. The van der Waals surface area contributed by atoms with E-state index in [4.69, 9.17) is 9.63 Å². The van der Waals surface area contributed by atoms with Gasteiger partial charge in [0.05, 0.1) is 5.69 Å². The Morgan fingerprint density at radius 3 is 2.60 bits per heavy atom. The summed E-state index contributed by atoms with van der Waals surface area (Å²) in [5.41, 5.74) is 1.21. The summed E-state index contributed by atoms with van der Waals surface area (Å²) in [6.07, 6.45) is 3.57. The van der Waals surface area contributed by atoms with Gasteiger partial charge in [0.1, 0.15) is 17.9 Å². The highest BCUT2D eigenvalue weighted by atomic mass is 19.1. The number of aromatic nitrogens is 4. The molecule has 10 heteroatoms. The minimum absolute atomic E-state index is 0.0377. The van der Waals surface area contributed by atoms with Crippen LogP contribution in [0.1, 0.15) is 69.9 Å². The zero-order valence-corrected chi connectivity index (χ0v) is 20.6. The number of fused-ring (bicyclic) bond motifs is 1. The molecule has 0 saturated carbocycles. The first-order valence-electron chi connectivity index (χ1n) is 12.5. The van der Waals surface area contributed by atoms with Gasteiger partial charge in [0, 0.05) is 29.9 Å². The van der Waals surface area contributed by atoms with Gasteiger partial charge in [0.15, 0.2) is 0 Å². The van der Waals surface area contributed by atoms with E-state index in [-0.39, 0.29) is 35.0 Å². The van der Waals surface area contributed by atoms with Crippen molar-refractivity contribution in [2.45, 2.75) is 63.8 Å². The van der Waals surface area contributed by atoms with Crippen LogP contribution in [0.25, 0.3) is 16.9 Å². The van der Waals surface area contributed by atoms with E-state index in [1.54, 1.807) is 11.0 Å². The highest BCUT2D eigenvalue weighted by molar-refractivity contribution is 5.84. The fourth-order valence-corrected chi connectivity index (χ4v) is 5.52. The number of benzene rings is 1. The van der Waals surface area contributed by atoms with Crippen LogP contribution in [0.5, 0.6) is 0 Å². The molecular formula is C25H33FN6O3. The predicted molar refractivity (Wildman–Crippen MR) is 128 cm³/mol. The number of halogens is 1. The number of hydrogen-bond donors (Lipinski definition) is 1. The van der Waals surface area contributed by atoms with E-state index < -0.39 is 6.61 Å². The van der Waals surface area contributed by atoms with E-state index in [1.807, 2.05) is 19.9 Å². The lowest BCUT2D eigenvalue weighted by Gasteiger charge is -2.49. The molecule has 0 aliphatic carbocycles. The van der Waals surface area contributed by atoms with Crippen molar-refractivity contribution in [3.63, 3.8) is 0 Å². The highest BCUT2D eigenvalue weighted by Crippen LogP contribution is 2.36. The Morgan fingerprint density at radius 1 is 1.23 bits per heavy atom. The van der Waals surface area contributed by atoms with Crippen LogP contribution in [0.15, 0.2) is 22.7 Å². The zero-order chi connectivity index (χ0) is 24.7. The number of hydrogen-bond acceptors (Lipinski definition) is 7. The van der Waals surface area contributed by atoms with Crippen LogP contribution in [0.2, 0.25) is 0 Å². The molecule has 35 heavy (non-hydrogen) atoms. The maximum absolute atomic E-state index is 14.7. The summed E-state index contributed by atoms with van der Waals surface area (Å²) < 4.78 is 21.8. The molecule has 0 spiro atoms. The van der Waals surface area contributed by atoms with Crippen molar-refractivity contribution in [1.82, 2.24) is 29.7 Å². The van der Waals surface area contributed by atoms with Crippen LogP contribution < -0.4 is 0 Å². The van der Waals surface area contributed by atoms with Gasteiger partial charge in [0.25, 0.3) is 5.95 Å². The summed E-state index contributed by atoms with van der Waals surface area (Å²) >= 11 is 0. The normalized spacial score (nSPS) is 19.7. The molecule has 0 atom stereocenters. The third kappa shape index (κ3) is 4.33. The Balaban J connectivity index is 1.28. The van der Waals surface area contributed by atoms with E-state index in [2.05, 4.69) is 27.1 Å². The number of carbonyl (C=O) groups excluding carboxylic acids is 1. The lowest BCUT2D eigenvalue weighted by Crippen LogP contribution is -2.56. The van der Waals surface area contributed by atoms with Crippen molar-refractivity contribution in [3.8, 4) is 5.95 Å².